The lowest BCUT2D eigenvalue weighted by atomic mass is 9.97. The van der Waals surface area contributed by atoms with Crippen LogP contribution in [0.15, 0.2) is 58.3 Å². The fraction of sp³-hybridized carbons (Fsp3) is 0.455. The molecule has 2 aromatic carbocycles. The van der Waals surface area contributed by atoms with Crippen molar-refractivity contribution in [3.05, 3.63) is 59.7 Å². The van der Waals surface area contributed by atoms with Gasteiger partial charge in [0.2, 0.25) is 10.0 Å². The Balaban J connectivity index is 1.48. The maximum absolute atomic E-state index is 12.5. The minimum atomic E-state index is -3.42. The number of piperidine rings is 1. The fourth-order valence-electron chi connectivity index (χ4n) is 3.64. The molecule has 0 amide bonds. The predicted octanol–water partition coefficient (Wildman–Crippen LogP) is 4.16. The monoisotopic (exact) mass is 418 g/mol. The first-order chi connectivity index (χ1) is 13.5. The highest BCUT2D eigenvalue weighted by atomic mass is 32.2. The molecule has 0 aliphatic carbocycles. The van der Waals surface area contributed by atoms with Crippen molar-refractivity contribution in [3.63, 3.8) is 0 Å². The smallest absolute Gasteiger partial charge is 0.240 e. The Labute approximate surface area is 173 Å². The fourth-order valence-corrected chi connectivity index (χ4v) is 5.36. The Morgan fingerprint density at radius 1 is 1.07 bits per heavy atom. The van der Waals surface area contributed by atoms with Crippen LogP contribution in [0.2, 0.25) is 0 Å². The zero-order valence-electron chi connectivity index (χ0n) is 16.7. The first-order valence-corrected chi connectivity index (χ1v) is 12.7. The molecule has 0 spiro atoms. The number of rotatable bonds is 8. The third-order valence-corrected chi connectivity index (χ3v) is 7.78. The van der Waals surface area contributed by atoms with Gasteiger partial charge in [-0.05, 0) is 73.9 Å². The highest BCUT2D eigenvalue weighted by Crippen LogP contribution is 2.24. The van der Waals surface area contributed by atoms with Gasteiger partial charge in [0.15, 0.2) is 0 Å². The summed E-state index contributed by atoms with van der Waals surface area (Å²) < 4.78 is 27.9. The van der Waals surface area contributed by atoms with Gasteiger partial charge in [-0.15, -0.1) is 11.8 Å². The summed E-state index contributed by atoms with van der Waals surface area (Å²) in [5.41, 5.74) is 2.53. The van der Waals surface area contributed by atoms with E-state index in [0.29, 0.717) is 17.4 Å². The standard InChI is InChI=1S/C22H30N2O2S2/c1-3-18-8-10-21(11-9-18)28(25,26)23-16-19-12-14-24(15-13-19)17-20-6-4-5-7-22(20)27-2/h4-11,19,23H,3,12-17H2,1-2H3. The van der Waals surface area contributed by atoms with E-state index in [4.69, 9.17) is 0 Å². The molecule has 1 aliphatic heterocycles. The van der Waals surface area contributed by atoms with E-state index in [1.165, 1.54) is 10.5 Å². The second kappa shape index (κ2) is 9.92. The third-order valence-electron chi connectivity index (χ3n) is 5.50. The predicted molar refractivity (Wildman–Crippen MR) is 117 cm³/mol. The van der Waals surface area contributed by atoms with Crippen LogP contribution in [-0.2, 0) is 23.0 Å². The normalized spacial score (nSPS) is 16.4. The van der Waals surface area contributed by atoms with Crippen LogP contribution in [0.5, 0.6) is 0 Å². The molecule has 0 aromatic heterocycles. The molecule has 3 rings (SSSR count). The zero-order valence-corrected chi connectivity index (χ0v) is 18.4. The average molecular weight is 419 g/mol. The van der Waals surface area contributed by atoms with E-state index in [2.05, 4.69) is 47.1 Å². The summed E-state index contributed by atoms with van der Waals surface area (Å²) in [5, 5.41) is 0. The summed E-state index contributed by atoms with van der Waals surface area (Å²) in [6.45, 7) is 5.58. The van der Waals surface area contributed by atoms with Gasteiger partial charge < -0.3 is 0 Å². The summed E-state index contributed by atoms with van der Waals surface area (Å²) >= 11 is 1.79. The van der Waals surface area contributed by atoms with E-state index in [9.17, 15) is 8.42 Å². The van der Waals surface area contributed by atoms with Crippen molar-refractivity contribution < 1.29 is 8.42 Å². The molecular formula is C22H30N2O2S2. The Kier molecular flexibility index (Phi) is 7.57. The number of hydrogen-bond donors (Lipinski definition) is 1. The summed E-state index contributed by atoms with van der Waals surface area (Å²) in [4.78, 5) is 4.17. The topological polar surface area (TPSA) is 49.4 Å². The average Bonchev–Trinajstić information content (AvgIpc) is 2.74. The van der Waals surface area contributed by atoms with E-state index >= 15 is 0 Å². The van der Waals surface area contributed by atoms with Gasteiger partial charge in [0.25, 0.3) is 0 Å². The lowest BCUT2D eigenvalue weighted by Gasteiger charge is -2.32. The highest BCUT2D eigenvalue weighted by molar-refractivity contribution is 7.98. The number of hydrogen-bond acceptors (Lipinski definition) is 4. The molecule has 0 radical (unpaired) electrons. The number of aryl methyl sites for hydroxylation is 1. The maximum Gasteiger partial charge on any atom is 0.240 e. The van der Waals surface area contributed by atoms with Gasteiger partial charge in [0.05, 0.1) is 4.90 Å². The third kappa shape index (κ3) is 5.60. The molecule has 2 aromatic rings. The minimum absolute atomic E-state index is 0.357. The Hall–Kier alpha value is -1.34. The molecular weight excluding hydrogens is 388 g/mol. The molecule has 1 aliphatic rings. The van der Waals surface area contributed by atoms with Crippen LogP contribution in [0.3, 0.4) is 0 Å². The lowest BCUT2D eigenvalue weighted by molar-refractivity contribution is 0.177. The molecule has 1 fully saturated rings. The number of thioether (sulfide) groups is 1. The molecule has 6 heteroatoms. The highest BCUT2D eigenvalue weighted by Gasteiger charge is 2.22. The molecule has 28 heavy (non-hydrogen) atoms. The van der Waals surface area contributed by atoms with Crippen LogP contribution in [0.4, 0.5) is 0 Å². The van der Waals surface area contributed by atoms with Crippen LogP contribution in [0, 0.1) is 5.92 Å². The largest absolute Gasteiger partial charge is 0.299 e. The van der Waals surface area contributed by atoms with E-state index in [-0.39, 0.29) is 0 Å². The summed E-state index contributed by atoms with van der Waals surface area (Å²) in [6.07, 6.45) is 5.08. The molecule has 1 N–H and O–H groups in total. The van der Waals surface area contributed by atoms with Crippen LogP contribution < -0.4 is 4.72 Å². The van der Waals surface area contributed by atoms with Crippen molar-refractivity contribution in [2.45, 2.75) is 42.5 Å². The first kappa shape index (κ1) is 21.4. The first-order valence-electron chi connectivity index (χ1n) is 9.94. The summed E-state index contributed by atoms with van der Waals surface area (Å²) in [5.74, 6) is 0.400. The molecule has 1 heterocycles. The summed E-state index contributed by atoms with van der Waals surface area (Å²) in [6, 6.07) is 15.7. The molecule has 152 valence electrons. The maximum atomic E-state index is 12.5. The van der Waals surface area contributed by atoms with Crippen molar-refractivity contribution in [1.29, 1.82) is 0 Å². The van der Waals surface area contributed by atoms with E-state index in [1.807, 2.05) is 12.1 Å². The minimum Gasteiger partial charge on any atom is -0.299 e. The second-order valence-corrected chi connectivity index (χ2v) is 10.00. The number of nitrogens with zero attached hydrogens (tertiary/aromatic N) is 1. The van der Waals surface area contributed by atoms with Gasteiger partial charge in [-0.1, -0.05) is 37.3 Å². The Morgan fingerprint density at radius 2 is 1.75 bits per heavy atom. The van der Waals surface area contributed by atoms with Gasteiger partial charge in [0.1, 0.15) is 0 Å². The van der Waals surface area contributed by atoms with E-state index in [1.54, 1.807) is 23.9 Å². The quantitative estimate of drug-likeness (QED) is 0.654. The second-order valence-electron chi connectivity index (χ2n) is 7.38. The van der Waals surface area contributed by atoms with Crippen molar-refractivity contribution in [2.24, 2.45) is 5.92 Å². The number of benzene rings is 2. The molecule has 0 saturated carbocycles. The van der Waals surface area contributed by atoms with Gasteiger partial charge in [-0.3, -0.25) is 4.90 Å². The van der Waals surface area contributed by atoms with E-state index in [0.717, 1.165) is 44.5 Å². The van der Waals surface area contributed by atoms with Crippen LogP contribution >= 0.6 is 11.8 Å². The zero-order chi connectivity index (χ0) is 20.0. The SMILES string of the molecule is CCc1ccc(S(=O)(=O)NCC2CCN(Cc3ccccc3SC)CC2)cc1. The number of likely N-dealkylation sites (tertiary alicyclic amines) is 1. The van der Waals surface area contributed by atoms with Gasteiger partial charge >= 0.3 is 0 Å². The summed E-state index contributed by atoms with van der Waals surface area (Å²) in [7, 11) is -3.42. The number of nitrogens with one attached hydrogen (secondary N) is 1. The lowest BCUT2D eigenvalue weighted by Crippen LogP contribution is -2.38. The van der Waals surface area contributed by atoms with Crippen LogP contribution in [-0.4, -0.2) is 39.2 Å². The Bertz CT molecular complexity index is 858. The van der Waals surface area contributed by atoms with Crippen molar-refractivity contribution in [3.8, 4) is 0 Å². The number of sulfonamides is 1. The molecule has 0 unspecified atom stereocenters. The van der Waals surface area contributed by atoms with Crippen molar-refractivity contribution >= 4 is 21.8 Å². The van der Waals surface area contributed by atoms with E-state index < -0.39 is 10.0 Å². The molecule has 0 bridgehead atoms. The van der Waals surface area contributed by atoms with Crippen molar-refractivity contribution in [2.75, 3.05) is 25.9 Å². The van der Waals surface area contributed by atoms with Crippen molar-refractivity contribution in [1.82, 2.24) is 9.62 Å². The Morgan fingerprint density at radius 3 is 2.39 bits per heavy atom. The van der Waals surface area contributed by atoms with Gasteiger partial charge in [0, 0.05) is 18.0 Å². The molecule has 0 atom stereocenters. The van der Waals surface area contributed by atoms with Crippen LogP contribution in [0.1, 0.15) is 30.9 Å². The van der Waals surface area contributed by atoms with Gasteiger partial charge in [-0.25, -0.2) is 13.1 Å². The molecule has 1 saturated heterocycles. The molecule has 4 nitrogen and oxygen atoms in total. The van der Waals surface area contributed by atoms with Crippen LogP contribution in [0.25, 0.3) is 0 Å². The van der Waals surface area contributed by atoms with Gasteiger partial charge in [-0.2, -0.15) is 0 Å².